The van der Waals surface area contributed by atoms with E-state index in [-0.39, 0.29) is 0 Å². The van der Waals surface area contributed by atoms with Crippen LogP contribution in [0.1, 0.15) is 5.56 Å². The van der Waals surface area contributed by atoms with Gasteiger partial charge in [-0.3, -0.25) is 9.59 Å². The van der Waals surface area contributed by atoms with E-state index in [2.05, 4.69) is 32.5 Å². The van der Waals surface area contributed by atoms with Crippen LogP contribution in [-0.4, -0.2) is 61.5 Å². The molecule has 3 N–H and O–H groups in total. The SMILES string of the molecule is CN1CCN(c2ccc(NC(=O)C(=O)NCCc3c[nH]c4ccccc34)cc2)CC1. The average Bonchev–Trinajstić information content (AvgIpc) is 3.18. The van der Waals surface area contributed by atoms with Gasteiger partial charge in [-0.15, -0.1) is 0 Å². The molecule has 1 aromatic heterocycles. The molecular formula is C23H27N5O2. The topological polar surface area (TPSA) is 80.5 Å². The molecule has 156 valence electrons. The molecule has 1 aliphatic heterocycles. The number of nitrogens with zero attached hydrogens (tertiary/aromatic N) is 2. The lowest BCUT2D eigenvalue weighted by Gasteiger charge is -2.34. The van der Waals surface area contributed by atoms with Gasteiger partial charge in [-0.2, -0.15) is 0 Å². The van der Waals surface area contributed by atoms with Crippen molar-refractivity contribution in [3.63, 3.8) is 0 Å². The molecule has 0 radical (unpaired) electrons. The number of H-pyrrole nitrogens is 1. The van der Waals surface area contributed by atoms with E-state index < -0.39 is 11.8 Å². The predicted molar refractivity (Wildman–Crippen MR) is 120 cm³/mol. The summed E-state index contributed by atoms with van der Waals surface area (Å²) < 4.78 is 0. The molecule has 1 fully saturated rings. The number of fused-ring (bicyclic) bond motifs is 1. The monoisotopic (exact) mass is 405 g/mol. The van der Waals surface area contributed by atoms with Crippen molar-refractivity contribution in [2.75, 3.05) is 50.0 Å². The minimum absolute atomic E-state index is 0.399. The average molecular weight is 406 g/mol. The number of nitrogens with one attached hydrogen (secondary N) is 3. The molecule has 30 heavy (non-hydrogen) atoms. The molecule has 1 saturated heterocycles. The van der Waals surface area contributed by atoms with Gasteiger partial charge < -0.3 is 25.4 Å². The van der Waals surface area contributed by atoms with Crippen LogP contribution in [0.25, 0.3) is 10.9 Å². The summed E-state index contributed by atoms with van der Waals surface area (Å²) in [6.45, 7) is 4.45. The third-order valence-electron chi connectivity index (χ3n) is 5.55. The number of aromatic nitrogens is 1. The minimum atomic E-state index is -0.652. The van der Waals surface area contributed by atoms with Gasteiger partial charge in [-0.25, -0.2) is 0 Å². The van der Waals surface area contributed by atoms with Crippen molar-refractivity contribution >= 4 is 34.1 Å². The van der Waals surface area contributed by atoms with Crippen LogP contribution >= 0.6 is 0 Å². The lowest BCUT2D eigenvalue weighted by molar-refractivity contribution is -0.136. The number of carbonyl (C=O) groups excluding carboxylic acids is 2. The number of carbonyl (C=O) groups is 2. The second-order valence-electron chi connectivity index (χ2n) is 7.66. The number of likely N-dealkylation sites (N-methyl/N-ethyl adjacent to an activating group) is 1. The van der Waals surface area contributed by atoms with Crippen LogP contribution in [0.4, 0.5) is 11.4 Å². The van der Waals surface area contributed by atoms with Crippen LogP contribution < -0.4 is 15.5 Å². The highest BCUT2D eigenvalue weighted by atomic mass is 16.2. The van der Waals surface area contributed by atoms with Gasteiger partial charge in [0.1, 0.15) is 0 Å². The highest BCUT2D eigenvalue weighted by Gasteiger charge is 2.16. The maximum atomic E-state index is 12.2. The third-order valence-corrected chi connectivity index (χ3v) is 5.55. The van der Waals surface area contributed by atoms with E-state index in [1.807, 2.05) is 54.7 Å². The van der Waals surface area contributed by atoms with E-state index in [0.29, 0.717) is 18.7 Å². The Labute approximate surface area is 176 Å². The molecule has 0 saturated carbocycles. The second-order valence-corrected chi connectivity index (χ2v) is 7.66. The van der Waals surface area contributed by atoms with Gasteiger partial charge in [0.2, 0.25) is 0 Å². The number of hydrogen-bond acceptors (Lipinski definition) is 4. The van der Waals surface area contributed by atoms with Gasteiger partial charge in [0.25, 0.3) is 0 Å². The van der Waals surface area contributed by atoms with Gasteiger partial charge >= 0.3 is 11.8 Å². The molecule has 0 spiro atoms. The molecule has 0 unspecified atom stereocenters. The summed E-state index contributed by atoms with van der Waals surface area (Å²) in [7, 11) is 2.13. The Balaban J connectivity index is 1.25. The maximum absolute atomic E-state index is 12.2. The van der Waals surface area contributed by atoms with Gasteiger partial charge in [0.05, 0.1) is 0 Å². The fourth-order valence-corrected chi connectivity index (χ4v) is 3.74. The molecule has 7 nitrogen and oxygen atoms in total. The van der Waals surface area contributed by atoms with Crippen molar-refractivity contribution < 1.29 is 9.59 Å². The largest absolute Gasteiger partial charge is 0.369 e. The summed E-state index contributed by atoms with van der Waals surface area (Å²) >= 11 is 0. The number of hydrogen-bond donors (Lipinski definition) is 3. The molecule has 7 heteroatoms. The highest BCUT2D eigenvalue weighted by Crippen LogP contribution is 2.19. The van der Waals surface area contributed by atoms with Gasteiger partial charge in [0, 0.05) is 61.2 Å². The van der Waals surface area contributed by atoms with E-state index in [4.69, 9.17) is 0 Å². The lowest BCUT2D eigenvalue weighted by Crippen LogP contribution is -2.44. The highest BCUT2D eigenvalue weighted by molar-refractivity contribution is 6.39. The van der Waals surface area contributed by atoms with Crippen molar-refractivity contribution in [1.29, 1.82) is 0 Å². The van der Waals surface area contributed by atoms with E-state index in [0.717, 1.165) is 48.3 Å². The van der Waals surface area contributed by atoms with Gasteiger partial charge in [-0.05, 0) is 49.4 Å². The normalized spacial score (nSPS) is 14.6. The van der Waals surface area contributed by atoms with E-state index in [9.17, 15) is 9.59 Å². The Morgan fingerprint density at radius 2 is 1.70 bits per heavy atom. The van der Waals surface area contributed by atoms with E-state index >= 15 is 0 Å². The molecule has 0 bridgehead atoms. The zero-order valence-corrected chi connectivity index (χ0v) is 17.1. The van der Waals surface area contributed by atoms with Crippen LogP contribution in [0.3, 0.4) is 0 Å². The van der Waals surface area contributed by atoms with Crippen LogP contribution in [0.5, 0.6) is 0 Å². The van der Waals surface area contributed by atoms with Crippen molar-refractivity contribution in [2.24, 2.45) is 0 Å². The molecule has 3 aromatic rings. The fourth-order valence-electron chi connectivity index (χ4n) is 3.74. The number of benzene rings is 2. The third kappa shape index (κ3) is 4.63. The van der Waals surface area contributed by atoms with E-state index in [1.54, 1.807) is 0 Å². The first kappa shape index (κ1) is 20.0. The first-order valence-corrected chi connectivity index (χ1v) is 10.3. The van der Waals surface area contributed by atoms with Gasteiger partial charge in [-0.1, -0.05) is 18.2 Å². The molecule has 2 aromatic carbocycles. The lowest BCUT2D eigenvalue weighted by atomic mass is 10.1. The summed E-state index contributed by atoms with van der Waals surface area (Å²) in [5, 5.41) is 6.50. The summed E-state index contributed by atoms with van der Waals surface area (Å²) in [5.41, 5.74) is 3.93. The Kier molecular flexibility index (Phi) is 5.99. The second kappa shape index (κ2) is 9.00. The fraction of sp³-hybridized carbons (Fsp3) is 0.304. The number of amides is 2. The summed E-state index contributed by atoms with van der Waals surface area (Å²) in [5.74, 6) is -1.28. The molecule has 0 atom stereocenters. The van der Waals surface area contributed by atoms with Crippen LogP contribution in [0, 0.1) is 0 Å². The Hall–Kier alpha value is -3.32. The van der Waals surface area contributed by atoms with E-state index in [1.165, 1.54) is 0 Å². The summed E-state index contributed by atoms with van der Waals surface area (Å²) in [6.07, 6.45) is 2.60. The first-order chi connectivity index (χ1) is 14.6. The molecular weight excluding hydrogens is 378 g/mol. The zero-order valence-electron chi connectivity index (χ0n) is 17.1. The first-order valence-electron chi connectivity index (χ1n) is 10.3. The van der Waals surface area contributed by atoms with Gasteiger partial charge in [0.15, 0.2) is 0 Å². The number of piperazine rings is 1. The molecule has 0 aliphatic carbocycles. The zero-order chi connectivity index (χ0) is 20.9. The maximum Gasteiger partial charge on any atom is 0.313 e. The molecule has 2 heterocycles. The van der Waals surface area contributed by atoms with Crippen molar-refractivity contribution in [3.8, 4) is 0 Å². The number of aromatic amines is 1. The summed E-state index contributed by atoms with van der Waals surface area (Å²) in [6, 6.07) is 15.7. The smallest absolute Gasteiger partial charge is 0.313 e. The predicted octanol–water partition coefficient (Wildman–Crippen LogP) is 2.22. The Morgan fingerprint density at radius 1 is 0.967 bits per heavy atom. The molecule has 4 rings (SSSR count). The minimum Gasteiger partial charge on any atom is -0.369 e. The van der Waals surface area contributed by atoms with Crippen molar-refractivity contribution in [2.45, 2.75) is 6.42 Å². The van der Waals surface area contributed by atoms with Crippen molar-refractivity contribution in [1.82, 2.24) is 15.2 Å². The summed E-state index contributed by atoms with van der Waals surface area (Å²) in [4.78, 5) is 32.2. The van der Waals surface area contributed by atoms with Crippen LogP contribution in [-0.2, 0) is 16.0 Å². The Bertz CT molecular complexity index is 1020. The molecule has 2 amide bonds. The standard InChI is InChI=1S/C23H27N5O2/c1-27-12-14-28(15-13-27)19-8-6-18(7-9-19)26-23(30)22(29)24-11-10-17-16-25-21-5-3-2-4-20(17)21/h2-9,16,25H,10-15H2,1H3,(H,24,29)(H,26,30). The quantitative estimate of drug-likeness (QED) is 0.569. The van der Waals surface area contributed by atoms with Crippen LogP contribution in [0.15, 0.2) is 54.7 Å². The number of para-hydroxylation sites is 1. The van der Waals surface area contributed by atoms with Crippen LogP contribution in [0.2, 0.25) is 0 Å². The Morgan fingerprint density at radius 3 is 2.47 bits per heavy atom. The van der Waals surface area contributed by atoms with Crippen molar-refractivity contribution in [3.05, 3.63) is 60.3 Å². The number of anilines is 2. The number of rotatable bonds is 5. The molecule has 1 aliphatic rings.